The number of hydrogen-bond acceptors (Lipinski definition) is 6. The minimum absolute atomic E-state index is 0.198. The molecule has 134 valence electrons. The third-order valence-corrected chi connectivity index (χ3v) is 5.09. The number of methoxy groups -OCH3 is 2. The molecule has 0 radical (unpaired) electrons. The molecule has 1 N–H and O–H groups in total. The first-order chi connectivity index (χ1) is 11.5. The second-order valence-electron chi connectivity index (χ2n) is 5.76. The van der Waals surface area contributed by atoms with E-state index in [1.54, 1.807) is 0 Å². The summed E-state index contributed by atoms with van der Waals surface area (Å²) < 4.78 is 28.1. The Hall–Kier alpha value is -0.440. The predicted molar refractivity (Wildman–Crippen MR) is 86.9 cm³/mol. The Balaban J connectivity index is 1.91. The molecule has 0 aromatic heterocycles. The van der Waals surface area contributed by atoms with E-state index in [1.807, 2.05) is 30.3 Å². The predicted octanol–water partition coefficient (Wildman–Crippen LogP) is 2.02. The van der Waals surface area contributed by atoms with Gasteiger partial charge in [0, 0.05) is 19.8 Å². The topological polar surface area (TPSA) is 66.4 Å². The summed E-state index contributed by atoms with van der Waals surface area (Å²) >= 11 is 12.2. The molecule has 1 aromatic rings. The van der Waals surface area contributed by atoms with Crippen LogP contribution in [0, 0.1) is 0 Å². The first-order valence-electron chi connectivity index (χ1n) is 7.56. The zero-order valence-electron chi connectivity index (χ0n) is 13.3. The van der Waals surface area contributed by atoms with Crippen LogP contribution in [0.4, 0.5) is 0 Å². The molecule has 0 saturated carbocycles. The van der Waals surface area contributed by atoms with Crippen molar-refractivity contribution in [3.63, 3.8) is 0 Å². The Bertz CT molecular complexity index is 545. The van der Waals surface area contributed by atoms with Gasteiger partial charge in [-0.1, -0.05) is 30.3 Å². The van der Waals surface area contributed by atoms with Gasteiger partial charge in [0.1, 0.15) is 23.1 Å². The van der Waals surface area contributed by atoms with Gasteiger partial charge >= 0.3 is 0 Å². The Morgan fingerprint density at radius 1 is 1.17 bits per heavy atom. The van der Waals surface area contributed by atoms with Gasteiger partial charge in [0.25, 0.3) is 0 Å². The fourth-order valence-corrected chi connectivity index (χ4v) is 3.68. The smallest absolute Gasteiger partial charge is 0.186 e. The van der Waals surface area contributed by atoms with Gasteiger partial charge in [-0.15, -0.1) is 23.2 Å². The monoisotopic (exact) mass is 378 g/mol. The zero-order chi connectivity index (χ0) is 17.3. The number of hydrogen-bond donors (Lipinski definition) is 1. The summed E-state index contributed by atoms with van der Waals surface area (Å²) in [5.74, 6) is 0. The number of aliphatic hydroxyl groups is 1. The molecule has 3 rings (SSSR count). The van der Waals surface area contributed by atoms with Crippen molar-refractivity contribution in [2.75, 3.05) is 20.8 Å². The molecule has 6 nitrogen and oxygen atoms in total. The van der Waals surface area contributed by atoms with Crippen LogP contribution in [0.25, 0.3) is 0 Å². The SMILES string of the molecule is CO[C@H]1O[C@@H]2COC(c3ccccc3)O[C@H]2[C@](O)(C(Cl)Cl)[C@H]1OC. The lowest BCUT2D eigenvalue weighted by molar-refractivity contribution is -0.383. The van der Waals surface area contributed by atoms with Gasteiger partial charge in [0.15, 0.2) is 18.2 Å². The van der Waals surface area contributed by atoms with Gasteiger partial charge in [-0.3, -0.25) is 0 Å². The highest BCUT2D eigenvalue weighted by molar-refractivity contribution is 6.45. The Kier molecular flexibility index (Phi) is 5.68. The Morgan fingerprint density at radius 3 is 2.46 bits per heavy atom. The fourth-order valence-electron chi connectivity index (χ4n) is 3.18. The van der Waals surface area contributed by atoms with Crippen molar-refractivity contribution in [1.82, 2.24) is 0 Å². The highest BCUT2D eigenvalue weighted by Crippen LogP contribution is 2.44. The van der Waals surface area contributed by atoms with Crippen LogP contribution in [0.2, 0.25) is 0 Å². The van der Waals surface area contributed by atoms with Crippen molar-refractivity contribution in [3.8, 4) is 0 Å². The van der Waals surface area contributed by atoms with E-state index in [1.165, 1.54) is 14.2 Å². The van der Waals surface area contributed by atoms with Gasteiger partial charge in [0.2, 0.25) is 0 Å². The van der Waals surface area contributed by atoms with Crippen molar-refractivity contribution in [2.24, 2.45) is 0 Å². The molecule has 24 heavy (non-hydrogen) atoms. The Morgan fingerprint density at radius 2 is 1.88 bits per heavy atom. The lowest BCUT2D eigenvalue weighted by Crippen LogP contribution is -2.72. The summed E-state index contributed by atoms with van der Waals surface area (Å²) in [6, 6.07) is 9.40. The van der Waals surface area contributed by atoms with Crippen LogP contribution in [-0.4, -0.2) is 61.0 Å². The van der Waals surface area contributed by atoms with Crippen molar-refractivity contribution < 1.29 is 28.8 Å². The number of ether oxygens (including phenoxy) is 5. The van der Waals surface area contributed by atoms with Crippen molar-refractivity contribution in [2.45, 2.75) is 41.3 Å². The third kappa shape index (κ3) is 3.06. The highest BCUT2D eigenvalue weighted by Gasteiger charge is 2.62. The molecule has 0 bridgehead atoms. The van der Waals surface area contributed by atoms with Gasteiger partial charge < -0.3 is 28.8 Å². The van der Waals surface area contributed by atoms with Crippen LogP contribution < -0.4 is 0 Å². The van der Waals surface area contributed by atoms with Gasteiger partial charge in [-0.2, -0.15) is 0 Å². The largest absolute Gasteiger partial charge is 0.381 e. The summed E-state index contributed by atoms with van der Waals surface area (Å²) in [7, 11) is 2.88. The van der Waals surface area contributed by atoms with Gasteiger partial charge in [-0.05, 0) is 0 Å². The highest BCUT2D eigenvalue weighted by atomic mass is 35.5. The molecular weight excluding hydrogens is 359 g/mol. The number of alkyl halides is 2. The molecule has 0 amide bonds. The lowest BCUT2D eigenvalue weighted by Gasteiger charge is -2.53. The molecule has 2 fully saturated rings. The second kappa shape index (κ2) is 7.43. The molecule has 2 aliphatic heterocycles. The number of fused-ring (bicyclic) bond motifs is 1. The maximum atomic E-state index is 11.2. The molecule has 2 saturated heterocycles. The summed E-state index contributed by atoms with van der Waals surface area (Å²) in [6.07, 6.45) is -3.86. The minimum Gasteiger partial charge on any atom is -0.381 e. The van der Waals surface area contributed by atoms with Gasteiger partial charge in [0.05, 0.1) is 6.61 Å². The van der Waals surface area contributed by atoms with Crippen molar-refractivity contribution in [3.05, 3.63) is 35.9 Å². The van der Waals surface area contributed by atoms with Crippen LogP contribution in [0.1, 0.15) is 11.9 Å². The fraction of sp³-hybridized carbons (Fsp3) is 0.625. The van der Waals surface area contributed by atoms with Crippen LogP contribution in [-0.2, 0) is 23.7 Å². The van der Waals surface area contributed by atoms with Crippen LogP contribution in [0.15, 0.2) is 30.3 Å². The van der Waals surface area contributed by atoms with Crippen LogP contribution in [0.5, 0.6) is 0 Å². The molecule has 1 aromatic carbocycles. The van der Waals surface area contributed by atoms with Crippen molar-refractivity contribution >= 4 is 23.2 Å². The Labute approximate surface area is 150 Å². The number of rotatable bonds is 4. The molecule has 2 heterocycles. The van der Waals surface area contributed by atoms with E-state index in [0.29, 0.717) is 0 Å². The van der Waals surface area contributed by atoms with E-state index in [0.717, 1.165) is 5.56 Å². The molecule has 8 heteroatoms. The van der Waals surface area contributed by atoms with E-state index >= 15 is 0 Å². The van der Waals surface area contributed by atoms with Crippen LogP contribution >= 0.6 is 23.2 Å². The number of benzene rings is 1. The molecule has 2 aliphatic rings. The van der Waals surface area contributed by atoms with E-state index in [9.17, 15) is 5.11 Å². The number of halogens is 2. The standard InChI is InChI=1S/C16H20Cl2O6/c1-20-12-14(21-2)23-10-8-22-13(9-6-4-3-5-7-9)24-11(10)16(12,19)15(17)18/h3-7,10-15,19H,8H2,1-2H3/t10-,11-,12+,13?,14+,16-/m1/s1. The van der Waals surface area contributed by atoms with E-state index in [-0.39, 0.29) is 6.61 Å². The quantitative estimate of drug-likeness (QED) is 0.808. The van der Waals surface area contributed by atoms with E-state index in [2.05, 4.69) is 0 Å². The average molecular weight is 379 g/mol. The summed E-state index contributed by atoms with van der Waals surface area (Å²) in [6.45, 7) is 0.198. The van der Waals surface area contributed by atoms with Crippen molar-refractivity contribution in [1.29, 1.82) is 0 Å². The van der Waals surface area contributed by atoms with Crippen LogP contribution in [0.3, 0.4) is 0 Å². The maximum absolute atomic E-state index is 11.2. The average Bonchev–Trinajstić information content (AvgIpc) is 2.61. The molecule has 0 aliphatic carbocycles. The molecular formula is C16H20Cl2O6. The maximum Gasteiger partial charge on any atom is 0.186 e. The third-order valence-electron chi connectivity index (χ3n) is 4.39. The van der Waals surface area contributed by atoms with E-state index in [4.69, 9.17) is 46.9 Å². The molecule has 6 atom stereocenters. The summed E-state index contributed by atoms with van der Waals surface area (Å²) in [4.78, 5) is -1.17. The molecule has 1 unspecified atom stereocenters. The zero-order valence-corrected chi connectivity index (χ0v) is 14.8. The lowest BCUT2D eigenvalue weighted by atomic mass is 9.84. The van der Waals surface area contributed by atoms with E-state index < -0.39 is 41.3 Å². The summed E-state index contributed by atoms with van der Waals surface area (Å²) in [5.41, 5.74) is -0.903. The minimum atomic E-state index is -1.72. The second-order valence-corrected chi connectivity index (χ2v) is 6.85. The normalized spacial score (nSPS) is 39.7. The first-order valence-corrected chi connectivity index (χ1v) is 8.43. The molecule has 0 spiro atoms. The first kappa shape index (κ1) is 18.4. The summed E-state index contributed by atoms with van der Waals surface area (Å²) in [5, 5.41) is 11.2. The van der Waals surface area contributed by atoms with Gasteiger partial charge in [-0.25, -0.2) is 0 Å².